The first-order chi connectivity index (χ1) is 8.76. The molecule has 98 valence electrons. The van der Waals surface area contributed by atoms with Gasteiger partial charge in [-0.05, 0) is 61.3 Å². The molecule has 3 rings (SSSR count). The lowest BCUT2D eigenvalue weighted by atomic mass is 10.1. The molecule has 2 aliphatic carbocycles. The Morgan fingerprint density at radius 1 is 1.22 bits per heavy atom. The molecule has 2 nitrogen and oxygen atoms in total. The van der Waals surface area contributed by atoms with Crippen LogP contribution in [0.1, 0.15) is 49.8 Å². The van der Waals surface area contributed by atoms with E-state index in [0.717, 1.165) is 17.7 Å². The predicted molar refractivity (Wildman–Crippen MR) is 74.0 cm³/mol. The fraction of sp³-hybridized carbons (Fsp3) is 0.625. The number of ether oxygens (including phenoxy) is 1. The largest absolute Gasteiger partial charge is 0.497 e. The van der Waals surface area contributed by atoms with E-state index < -0.39 is 0 Å². The highest BCUT2D eigenvalue weighted by Gasteiger charge is 2.28. The lowest BCUT2D eigenvalue weighted by molar-refractivity contribution is 0.409. The van der Waals surface area contributed by atoms with Gasteiger partial charge >= 0.3 is 0 Å². The first-order valence-electron chi connectivity index (χ1n) is 7.19. The Bertz CT molecular complexity index is 429. The lowest BCUT2D eigenvalue weighted by Crippen LogP contribution is -2.29. The van der Waals surface area contributed by atoms with E-state index in [9.17, 15) is 0 Å². The zero-order valence-corrected chi connectivity index (χ0v) is 11.4. The zero-order valence-electron chi connectivity index (χ0n) is 11.4. The zero-order chi connectivity index (χ0) is 12.5. The Balaban J connectivity index is 1.73. The van der Waals surface area contributed by atoms with Crippen LogP contribution in [0, 0.1) is 5.92 Å². The molecule has 1 aromatic rings. The van der Waals surface area contributed by atoms with E-state index >= 15 is 0 Å². The van der Waals surface area contributed by atoms with E-state index in [-0.39, 0.29) is 0 Å². The fourth-order valence-electron chi connectivity index (χ4n) is 3.52. The van der Waals surface area contributed by atoms with Crippen molar-refractivity contribution in [3.63, 3.8) is 0 Å². The van der Waals surface area contributed by atoms with Crippen molar-refractivity contribution in [1.82, 2.24) is 5.32 Å². The first-order valence-corrected chi connectivity index (χ1v) is 7.19. The molecule has 0 aliphatic heterocycles. The van der Waals surface area contributed by atoms with Crippen molar-refractivity contribution in [2.75, 3.05) is 7.11 Å². The highest BCUT2D eigenvalue weighted by molar-refractivity contribution is 5.40. The number of fused-ring (bicyclic) bond motifs is 1. The van der Waals surface area contributed by atoms with Gasteiger partial charge < -0.3 is 10.1 Å². The Morgan fingerprint density at radius 2 is 2.11 bits per heavy atom. The molecule has 1 N–H and O–H groups in total. The predicted octanol–water partition coefficient (Wildman–Crippen LogP) is 3.46. The Kier molecular flexibility index (Phi) is 3.29. The maximum absolute atomic E-state index is 5.35. The summed E-state index contributed by atoms with van der Waals surface area (Å²) in [5.74, 6) is 1.89. The summed E-state index contributed by atoms with van der Waals surface area (Å²) in [6, 6.07) is 7.80. The number of nitrogens with one attached hydrogen (secondary N) is 1. The number of hydrogen-bond acceptors (Lipinski definition) is 2. The van der Waals surface area contributed by atoms with Crippen molar-refractivity contribution in [2.24, 2.45) is 5.92 Å². The molecular weight excluding hydrogens is 222 g/mol. The summed E-state index contributed by atoms with van der Waals surface area (Å²) in [6.45, 7) is 2.37. The SMILES string of the molecule is COc1ccc2c(c1)C(NC1CCC(C)C1)CC2. The summed E-state index contributed by atoms with van der Waals surface area (Å²) in [4.78, 5) is 0. The van der Waals surface area contributed by atoms with Gasteiger partial charge in [-0.3, -0.25) is 0 Å². The van der Waals surface area contributed by atoms with E-state index in [1.807, 2.05) is 0 Å². The van der Waals surface area contributed by atoms with Crippen molar-refractivity contribution in [2.45, 2.75) is 51.1 Å². The number of benzene rings is 1. The quantitative estimate of drug-likeness (QED) is 0.880. The van der Waals surface area contributed by atoms with Crippen LogP contribution in [0.2, 0.25) is 0 Å². The molecule has 3 atom stereocenters. The van der Waals surface area contributed by atoms with Crippen LogP contribution < -0.4 is 10.1 Å². The normalized spacial score (nSPS) is 30.4. The third kappa shape index (κ3) is 2.26. The standard InChI is InChI=1S/C16H23NO/c1-11-3-6-13(9-11)17-16-8-5-12-4-7-14(18-2)10-15(12)16/h4,7,10-11,13,16-17H,3,5-6,8-9H2,1-2H3. The van der Waals surface area contributed by atoms with E-state index in [2.05, 4.69) is 30.4 Å². The van der Waals surface area contributed by atoms with Crippen LogP contribution in [-0.2, 0) is 6.42 Å². The maximum Gasteiger partial charge on any atom is 0.119 e. The van der Waals surface area contributed by atoms with Gasteiger partial charge in [-0.2, -0.15) is 0 Å². The molecule has 0 amide bonds. The van der Waals surface area contributed by atoms with Crippen LogP contribution in [0.3, 0.4) is 0 Å². The van der Waals surface area contributed by atoms with Gasteiger partial charge in [0, 0.05) is 12.1 Å². The van der Waals surface area contributed by atoms with Crippen LogP contribution >= 0.6 is 0 Å². The Morgan fingerprint density at radius 3 is 2.83 bits per heavy atom. The summed E-state index contributed by atoms with van der Waals surface area (Å²) in [5.41, 5.74) is 2.97. The van der Waals surface area contributed by atoms with Gasteiger partial charge in [0.05, 0.1) is 7.11 Å². The van der Waals surface area contributed by atoms with Crippen LogP contribution in [0.25, 0.3) is 0 Å². The van der Waals surface area contributed by atoms with Gasteiger partial charge in [0.2, 0.25) is 0 Å². The van der Waals surface area contributed by atoms with Crippen LogP contribution in [0.5, 0.6) is 5.75 Å². The minimum atomic E-state index is 0.547. The maximum atomic E-state index is 5.35. The summed E-state index contributed by atoms with van der Waals surface area (Å²) in [5, 5.41) is 3.86. The molecule has 3 unspecified atom stereocenters. The minimum Gasteiger partial charge on any atom is -0.497 e. The molecule has 0 radical (unpaired) electrons. The first kappa shape index (κ1) is 12.0. The van der Waals surface area contributed by atoms with E-state index in [0.29, 0.717) is 6.04 Å². The average molecular weight is 245 g/mol. The summed E-state index contributed by atoms with van der Waals surface area (Å²) in [6.07, 6.45) is 6.52. The van der Waals surface area contributed by atoms with Gasteiger partial charge in [0.25, 0.3) is 0 Å². The van der Waals surface area contributed by atoms with Crippen molar-refractivity contribution < 1.29 is 4.74 Å². The number of methoxy groups -OCH3 is 1. The molecule has 1 aromatic carbocycles. The molecule has 0 bridgehead atoms. The molecule has 2 heteroatoms. The lowest BCUT2D eigenvalue weighted by Gasteiger charge is -2.20. The second-order valence-electron chi connectivity index (χ2n) is 5.94. The molecule has 2 aliphatic rings. The van der Waals surface area contributed by atoms with Gasteiger partial charge in [-0.25, -0.2) is 0 Å². The highest BCUT2D eigenvalue weighted by Crippen LogP contribution is 2.36. The van der Waals surface area contributed by atoms with E-state index in [1.54, 1.807) is 7.11 Å². The Hall–Kier alpha value is -1.02. The van der Waals surface area contributed by atoms with Gasteiger partial charge in [-0.15, -0.1) is 0 Å². The third-order valence-corrected chi connectivity index (χ3v) is 4.56. The molecule has 0 aromatic heterocycles. The number of rotatable bonds is 3. The van der Waals surface area contributed by atoms with Crippen molar-refractivity contribution in [1.29, 1.82) is 0 Å². The van der Waals surface area contributed by atoms with E-state index in [1.165, 1.54) is 43.2 Å². The fourth-order valence-corrected chi connectivity index (χ4v) is 3.52. The minimum absolute atomic E-state index is 0.547. The van der Waals surface area contributed by atoms with Crippen molar-refractivity contribution in [3.05, 3.63) is 29.3 Å². The molecule has 18 heavy (non-hydrogen) atoms. The van der Waals surface area contributed by atoms with Crippen LogP contribution in [0.15, 0.2) is 18.2 Å². The van der Waals surface area contributed by atoms with Gasteiger partial charge in [0.1, 0.15) is 5.75 Å². The third-order valence-electron chi connectivity index (χ3n) is 4.56. The second kappa shape index (κ2) is 4.93. The van der Waals surface area contributed by atoms with E-state index in [4.69, 9.17) is 4.74 Å². The summed E-state index contributed by atoms with van der Waals surface area (Å²) >= 11 is 0. The molecule has 1 saturated carbocycles. The molecule has 0 heterocycles. The highest BCUT2D eigenvalue weighted by atomic mass is 16.5. The Labute approximate surface area is 110 Å². The summed E-state index contributed by atoms with van der Waals surface area (Å²) < 4.78 is 5.35. The van der Waals surface area contributed by atoms with Crippen molar-refractivity contribution >= 4 is 0 Å². The average Bonchev–Trinajstić information content (AvgIpc) is 2.96. The smallest absolute Gasteiger partial charge is 0.119 e. The van der Waals surface area contributed by atoms with Gasteiger partial charge in [-0.1, -0.05) is 13.0 Å². The molecular formula is C16H23NO. The molecule has 0 saturated heterocycles. The summed E-state index contributed by atoms with van der Waals surface area (Å²) in [7, 11) is 1.75. The van der Waals surface area contributed by atoms with Crippen LogP contribution in [-0.4, -0.2) is 13.2 Å². The molecule has 0 spiro atoms. The second-order valence-corrected chi connectivity index (χ2v) is 5.94. The van der Waals surface area contributed by atoms with Crippen LogP contribution in [0.4, 0.5) is 0 Å². The topological polar surface area (TPSA) is 21.3 Å². The van der Waals surface area contributed by atoms with Gasteiger partial charge in [0.15, 0.2) is 0 Å². The molecule has 1 fully saturated rings. The van der Waals surface area contributed by atoms with Crippen molar-refractivity contribution in [3.8, 4) is 5.75 Å². The number of hydrogen-bond donors (Lipinski definition) is 1. The number of aryl methyl sites for hydroxylation is 1. The monoisotopic (exact) mass is 245 g/mol.